The van der Waals surface area contributed by atoms with E-state index in [0.717, 1.165) is 0 Å². The largest absolute Gasteiger partial charge is 0.381 e. The number of halogens is 1. The first kappa shape index (κ1) is 14.4. The molecule has 3 N–H and O–H groups in total. The smallest absolute Gasteiger partial charge is 0.272 e. The van der Waals surface area contributed by atoms with Crippen molar-refractivity contribution in [2.24, 2.45) is 0 Å². The van der Waals surface area contributed by atoms with E-state index in [4.69, 9.17) is 5.73 Å². The second-order valence-corrected chi connectivity index (χ2v) is 4.27. The van der Waals surface area contributed by atoms with Crippen LogP contribution in [0.15, 0.2) is 30.5 Å². The lowest BCUT2D eigenvalue weighted by Gasteiger charge is -2.07. The number of aromatic nitrogens is 1. The Hall–Kier alpha value is -3.03. The van der Waals surface area contributed by atoms with E-state index in [9.17, 15) is 19.3 Å². The highest BCUT2D eigenvalue weighted by Crippen LogP contribution is 2.22. The first-order valence-corrected chi connectivity index (χ1v) is 5.86. The van der Waals surface area contributed by atoms with Gasteiger partial charge in [-0.15, -0.1) is 0 Å². The summed E-state index contributed by atoms with van der Waals surface area (Å²) >= 11 is 0. The second-order valence-electron chi connectivity index (χ2n) is 4.27. The van der Waals surface area contributed by atoms with E-state index >= 15 is 0 Å². The average molecular weight is 290 g/mol. The molecule has 1 aromatic carbocycles. The molecule has 0 saturated heterocycles. The Morgan fingerprint density at radius 3 is 2.76 bits per heavy atom. The third-order valence-corrected chi connectivity index (χ3v) is 2.81. The van der Waals surface area contributed by atoms with Gasteiger partial charge in [-0.2, -0.15) is 0 Å². The Balaban J connectivity index is 2.26. The van der Waals surface area contributed by atoms with Gasteiger partial charge in [-0.25, -0.2) is 9.37 Å². The molecule has 1 amide bonds. The van der Waals surface area contributed by atoms with Gasteiger partial charge in [-0.3, -0.25) is 14.9 Å². The number of rotatable bonds is 3. The van der Waals surface area contributed by atoms with Gasteiger partial charge in [-0.1, -0.05) is 0 Å². The van der Waals surface area contributed by atoms with Crippen LogP contribution >= 0.6 is 0 Å². The SMILES string of the molecule is Cc1cc(NC(=O)c2ccnc(N)c2F)ccc1[N+](=O)[O-]. The van der Waals surface area contributed by atoms with Crippen LogP contribution in [0.25, 0.3) is 0 Å². The number of nitro benzene ring substituents is 1. The normalized spacial score (nSPS) is 10.2. The molecule has 108 valence electrons. The van der Waals surface area contributed by atoms with Gasteiger partial charge in [0.1, 0.15) is 0 Å². The Morgan fingerprint density at radius 2 is 2.14 bits per heavy atom. The lowest BCUT2D eigenvalue weighted by atomic mass is 10.1. The summed E-state index contributed by atoms with van der Waals surface area (Å²) in [5.41, 5.74) is 5.67. The van der Waals surface area contributed by atoms with E-state index in [-0.39, 0.29) is 17.1 Å². The zero-order valence-corrected chi connectivity index (χ0v) is 11.0. The monoisotopic (exact) mass is 290 g/mol. The minimum Gasteiger partial charge on any atom is -0.381 e. The van der Waals surface area contributed by atoms with E-state index in [0.29, 0.717) is 11.3 Å². The summed E-state index contributed by atoms with van der Waals surface area (Å²) in [7, 11) is 0. The highest BCUT2D eigenvalue weighted by atomic mass is 19.1. The minimum absolute atomic E-state index is 0.0627. The Morgan fingerprint density at radius 1 is 1.43 bits per heavy atom. The quantitative estimate of drug-likeness (QED) is 0.665. The fourth-order valence-corrected chi connectivity index (χ4v) is 1.77. The van der Waals surface area contributed by atoms with Gasteiger partial charge < -0.3 is 11.1 Å². The molecule has 1 heterocycles. The number of aryl methyl sites for hydroxylation is 1. The maximum Gasteiger partial charge on any atom is 0.272 e. The van der Waals surface area contributed by atoms with Crippen LogP contribution in [0.1, 0.15) is 15.9 Å². The summed E-state index contributed by atoms with van der Waals surface area (Å²) < 4.78 is 13.7. The van der Waals surface area contributed by atoms with Crippen molar-refractivity contribution >= 4 is 23.1 Å². The van der Waals surface area contributed by atoms with E-state index in [2.05, 4.69) is 10.3 Å². The average Bonchev–Trinajstić information content (AvgIpc) is 2.41. The predicted octanol–water partition coefficient (Wildman–Crippen LogP) is 2.27. The van der Waals surface area contributed by atoms with Gasteiger partial charge in [0.15, 0.2) is 11.6 Å². The molecule has 21 heavy (non-hydrogen) atoms. The second kappa shape index (κ2) is 5.53. The van der Waals surface area contributed by atoms with Crippen molar-refractivity contribution in [2.75, 3.05) is 11.1 Å². The van der Waals surface area contributed by atoms with Crippen LogP contribution in [-0.4, -0.2) is 15.8 Å². The first-order chi connectivity index (χ1) is 9.90. The highest BCUT2D eigenvalue weighted by molar-refractivity contribution is 6.04. The van der Waals surface area contributed by atoms with Crippen LogP contribution in [0, 0.1) is 22.9 Å². The number of carbonyl (C=O) groups excluding carboxylic acids is 1. The number of nitrogens with two attached hydrogens (primary N) is 1. The molecule has 0 aliphatic rings. The maximum absolute atomic E-state index is 13.7. The Kier molecular flexibility index (Phi) is 3.79. The molecule has 0 atom stereocenters. The number of carbonyl (C=O) groups is 1. The molecule has 7 nitrogen and oxygen atoms in total. The van der Waals surface area contributed by atoms with Crippen molar-refractivity contribution in [1.82, 2.24) is 4.98 Å². The predicted molar refractivity (Wildman–Crippen MR) is 74.4 cm³/mol. The summed E-state index contributed by atoms with van der Waals surface area (Å²) in [4.78, 5) is 25.7. The van der Waals surface area contributed by atoms with Gasteiger partial charge in [0.05, 0.1) is 10.5 Å². The van der Waals surface area contributed by atoms with Crippen LogP contribution in [-0.2, 0) is 0 Å². The van der Waals surface area contributed by atoms with Gasteiger partial charge in [0, 0.05) is 23.5 Å². The number of nitrogens with zero attached hydrogens (tertiary/aromatic N) is 2. The third kappa shape index (κ3) is 2.94. The van der Waals surface area contributed by atoms with Crippen molar-refractivity contribution in [3.63, 3.8) is 0 Å². The van der Waals surface area contributed by atoms with Crippen LogP contribution in [0.5, 0.6) is 0 Å². The van der Waals surface area contributed by atoms with E-state index in [1.54, 1.807) is 6.92 Å². The van der Waals surface area contributed by atoms with Gasteiger partial charge in [-0.05, 0) is 25.1 Å². The molecule has 2 rings (SSSR count). The van der Waals surface area contributed by atoms with Crippen LogP contribution in [0.3, 0.4) is 0 Å². The van der Waals surface area contributed by atoms with Gasteiger partial charge >= 0.3 is 0 Å². The number of hydrogen-bond acceptors (Lipinski definition) is 5. The lowest BCUT2D eigenvalue weighted by molar-refractivity contribution is -0.385. The van der Waals surface area contributed by atoms with Crippen LogP contribution in [0.2, 0.25) is 0 Å². The topological polar surface area (TPSA) is 111 Å². The number of hydrogen-bond donors (Lipinski definition) is 2. The fourth-order valence-electron chi connectivity index (χ4n) is 1.77. The molecule has 8 heteroatoms. The summed E-state index contributed by atoms with van der Waals surface area (Å²) in [5, 5.41) is 13.2. The van der Waals surface area contributed by atoms with Crippen LogP contribution < -0.4 is 11.1 Å². The standard InChI is InChI=1S/C13H11FN4O3/c1-7-6-8(2-3-10(7)18(20)21)17-13(19)9-4-5-16-12(15)11(9)14/h2-6H,1H3,(H2,15,16)(H,17,19). The molecule has 0 spiro atoms. The van der Waals surface area contributed by atoms with Crippen molar-refractivity contribution < 1.29 is 14.1 Å². The molecule has 0 saturated carbocycles. The molecule has 0 fully saturated rings. The van der Waals surface area contributed by atoms with Crippen molar-refractivity contribution in [3.8, 4) is 0 Å². The molecule has 0 aliphatic carbocycles. The minimum atomic E-state index is -0.909. The zero-order chi connectivity index (χ0) is 15.6. The number of pyridine rings is 1. The third-order valence-electron chi connectivity index (χ3n) is 2.81. The molecule has 0 unspecified atom stereocenters. The lowest BCUT2D eigenvalue weighted by Crippen LogP contribution is -2.15. The molecule has 0 aliphatic heterocycles. The zero-order valence-electron chi connectivity index (χ0n) is 11.0. The Labute approximate surface area is 118 Å². The molecule has 0 radical (unpaired) electrons. The molecule has 2 aromatic rings. The summed E-state index contributed by atoms with van der Waals surface area (Å²) in [6.07, 6.45) is 1.22. The van der Waals surface area contributed by atoms with E-state index in [1.165, 1.54) is 30.5 Å². The fraction of sp³-hybridized carbons (Fsp3) is 0.0769. The first-order valence-electron chi connectivity index (χ1n) is 5.86. The highest BCUT2D eigenvalue weighted by Gasteiger charge is 2.16. The number of anilines is 2. The van der Waals surface area contributed by atoms with Gasteiger partial charge in [0.25, 0.3) is 11.6 Å². The number of nitrogens with one attached hydrogen (secondary N) is 1. The summed E-state index contributed by atoms with van der Waals surface area (Å²) in [6, 6.07) is 5.26. The molecular formula is C13H11FN4O3. The number of nitrogen functional groups attached to an aromatic ring is 1. The van der Waals surface area contributed by atoms with Crippen molar-refractivity contribution in [1.29, 1.82) is 0 Å². The van der Waals surface area contributed by atoms with Crippen molar-refractivity contribution in [3.05, 3.63) is 57.5 Å². The summed E-state index contributed by atoms with van der Waals surface area (Å²) in [6.45, 7) is 1.54. The Bertz CT molecular complexity index is 733. The van der Waals surface area contributed by atoms with Gasteiger partial charge in [0.2, 0.25) is 0 Å². The van der Waals surface area contributed by atoms with E-state index < -0.39 is 16.6 Å². The number of nitro groups is 1. The number of benzene rings is 1. The molecule has 1 aromatic heterocycles. The summed E-state index contributed by atoms with van der Waals surface area (Å²) in [5.74, 6) is -1.99. The van der Waals surface area contributed by atoms with E-state index in [1.807, 2.05) is 0 Å². The van der Waals surface area contributed by atoms with Crippen molar-refractivity contribution in [2.45, 2.75) is 6.92 Å². The maximum atomic E-state index is 13.7. The molecular weight excluding hydrogens is 279 g/mol. The molecule has 0 bridgehead atoms. The van der Waals surface area contributed by atoms with Crippen LogP contribution in [0.4, 0.5) is 21.6 Å². The number of amides is 1.